The van der Waals surface area contributed by atoms with E-state index in [1.54, 1.807) is 25.3 Å². The zero-order valence-electron chi connectivity index (χ0n) is 11.7. The van der Waals surface area contributed by atoms with Gasteiger partial charge in [0, 0.05) is 16.5 Å². The lowest BCUT2D eigenvalue weighted by atomic mass is 10.0. The van der Waals surface area contributed by atoms with Crippen molar-refractivity contribution in [3.8, 4) is 0 Å². The maximum absolute atomic E-state index is 12.8. The molecule has 21 heavy (non-hydrogen) atoms. The molecule has 110 valence electrons. The molecule has 2 aromatic rings. The van der Waals surface area contributed by atoms with Gasteiger partial charge in [-0.1, -0.05) is 16.8 Å². The summed E-state index contributed by atoms with van der Waals surface area (Å²) in [6.45, 7) is 1.77. The molecule has 1 atom stereocenters. The Morgan fingerprint density at radius 3 is 2.76 bits per heavy atom. The van der Waals surface area contributed by atoms with E-state index >= 15 is 0 Å². The van der Waals surface area contributed by atoms with Crippen LogP contribution >= 0.6 is 11.6 Å². The maximum Gasteiger partial charge on any atom is 0.203 e. The molecule has 1 aliphatic carbocycles. The molecule has 1 heterocycles. The Kier molecular flexibility index (Phi) is 3.82. The molecule has 0 aliphatic heterocycles. The highest BCUT2D eigenvalue weighted by Crippen LogP contribution is 2.42. The highest BCUT2D eigenvalue weighted by molar-refractivity contribution is 7.90. The van der Waals surface area contributed by atoms with Crippen LogP contribution in [0.5, 0.6) is 0 Å². The van der Waals surface area contributed by atoms with E-state index in [1.807, 2.05) is 0 Å². The number of halogens is 1. The molecule has 1 aromatic heterocycles. The summed E-state index contributed by atoms with van der Waals surface area (Å²) in [7, 11) is 0. The lowest BCUT2D eigenvalue weighted by molar-refractivity contribution is 0.103. The molecule has 0 saturated heterocycles. The number of hydrogen-bond acceptors (Lipinski definition) is 4. The summed E-state index contributed by atoms with van der Waals surface area (Å²) in [5.41, 5.74) is 1.54. The fourth-order valence-corrected chi connectivity index (χ4v) is 3.65. The van der Waals surface area contributed by atoms with Crippen molar-refractivity contribution in [2.45, 2.75) is 30.6 Å². The Morgan fingerprint density at radius 2 is 2.14 bits per heavy atom. The first-order chi connectivity index (χ1) is 10.0. The Balaban J connectivity index is 2.09. The number of aromatic nitrogens is 1. The van der Waals surface area contributed by atoms with E-state index in [0.29, 0.717) is 32.4 Å². The minimum absolute atomic E-state index is 0.205. The smallest absolute Gasteiger partial charge is 0.203 e. The average molecular weight is 324 g/mol. The summed E-state index contributed by atoms with van der Waals surface area (Å²) in [4.78, 5) is 13.3. The number of carbonyl (C=O) groups excluding carboxylic acids is 1. The Hall–Kier alpha value is -1.30. The number of ketones is 1. The first-order valence-electron chi connectivity index (χ1n) is 6.62. The van der Waals surface area contributed by atoms with Gasteiger partial charge in [-0.3, -0.25) is 4.79 Å². The molecule has 0 radical (unpaired) electrons. The lowest BCUT2D eigenvalue weighted by Gasteiger charge is -2.13. The summed E-state index contributed by atoms with van der Waals surface area (Å²) in [6, 6.07) is 3.28. The largest absolute Gasteiger partial charge is 0.612 e. The van der Waals surface area contributed by atoms with Gasteiger partial charge in [0.05, 0.1) is 17.3 Å². The van der Waals surface area contributed by atoms with Crippen LogP contribution in [0.15, 0.2) is 27.7 Å². The van der Waals surface area contributed by atoms with E-state index < -0.39 is 11.2 Å². The van der Waals surface area contributed by atoms with Crippen LogP contribution in [0.2, 0.25) is 5.02 Å². The molecule has 3 rings (SSSR count). The van der Waals surface area contributed by atoms with Gasteiger partial charge in [-0.15, -0.1) is 0 Å². The van der Waals surface area contributed by atoms with E-state index in [9.17, 15) is 9.35 Å². The predicted octanol–water partition coefficient (Wildman–Crippen LogP) is 3.48. The van der Waals surface area contributed by atoms with E-state index in [-0.39, 0.29) is 11.7 Å². The van der Waals surface area contributed by atoms with Crippen LogP contribution in [0.1, 0.15) is 46.0 Å². The quantitative estimate of drug-likeness (QED) is 0.638. The van der Waals surface area contributed by atoms with Gasteiger partial charge in [0.2, 0.25) is 5.78 Å². The third-order valence-corrected chi connectivity index (χ3v) is 5.17. The van der Waals surface area contributed by atoms with Crippen molar-refractivity contribution in [2.24, 2.45) is 0 Å². The topological polar surface area (TPSA) is 66.2 Å². The number of benzene rings is 1. The van der Waals surface area contributed by atoms with E-state index in [1.165, 1.54) is 6.20 Å². The normalized spacial score (nSPS) is 16.0. The summed E-state index contributed by atoms with van der Waals surface area (Å²) in [5.74, 6) is 0.721. The molecule has 0 N–H and O–H groups in total. The lowest BCUT2D eigenvalue weighted by Crippen LogP contribution is -2.12. The molecular weight excluding hydrogens is 310 g/mol. The Bertz CT molecular complexity index is 707. The fraction of sp³-hybridized carbons (Fsp3) is 0.333. The van der Waals surface area contributed by atoms with Crippen molar-refractivity contribution in [1.82, 2.24) is 5.16 Å². The molecule has 1 aliphatic rings. The van der Waals surface area contributed by atoms with Gasteiger partial charge in [-0.2, -0.15) is 0 Å². The molecule has 1 fully saturated rings. The van der Waals surface area contributed by atoms with Crippen LogP contribution in [0.25, 0.3) is 0 Å². The van der Waals surface area contributed by atoms with Crippen molar-refractivity contribution in [3.63, 3.8) is 0 Å². The third-order valence-electron chi connectivity index (χ3n) is 3.66. The van der Waals surface area contributed by atoms with Gasteiger partial charge in [0.25, 0.3) is 0 Å². The molecule has 1 unspecified atom stereocenters. The van der Waals surface area contributed by atoms with Gasteiger partial charge in [0.1, 0.15) is 6.26 Å². The van der Waals surface area contributed by atoms with Crippen molar-refractivity contribution >= 4 is 28.6 Å². The molecular formula is C15H14ClNO3S. The van der Waals surface area contributed by atoms with E-state index in [4.69, 9.17) is 16.1 Å². The van der Waals surface area contributed by atoms with Crippen LogP contribution in [-0.2, 0) is 11.2 Å². The Labute approximate surface area is 130 Å². The van der Waals surface area contributed by atoms with E-state index in [2.05, 4.69) is 5.16 Å². The second kappa shape index (κ2) is 5.48. The number of carbonyl (C=O) groups is 1. The molecule has 0 amide bonds. The highest BCUT2D eigenvalue weighted by atomic mass is 35.5. The molecule has 4 nitrogen and oxygen atoms in total. The minimum atomic E-state index is -1.30. The van der Waals surface area contributed by atoms with Crippen LogP contribution in [0.4, 0.5) is 0 Å². The summed E-state index contributed by atoms with van der Waals surface area (Å²) < 4.78 is 17.2. The fourth-order valence-electron chi connectivity index (χ4n) is 2.42. The predicted molar refractivity (Wildman–Crippen MR) is 80.4 cm³/mol. The van der Waals surface area contributed by atoms with Gasteiger partial charge >= 0.3 is 0 Å². The number of hydrogen-bond donors (Lipinski definition) is 0. The first kappa shape index (κ1) is 14.6. The molecule has 0 spiro atoms. The second-order valence-corrected chi connectivity index (χ2v) is 6.93. The van der Waals surface area contributed by atoms with Crippen molar-refractivity contribution in [3.05, 3.63) is 45.8 Å². The second-order valence-electron chi connectivity index (χ2n) is 5.21. The van der Waals surface area contributed by atoms with E-state index in [0.717, 1.165) is 12.8 Å². The standard InChI is InChI=1S/C15H14ClNO3S/c1-8-12(16)6-5-10(15(8)21(2)19)13(18)11-7-17-20-14(11)9-3-4-9/h5-7,9H,3-4H2,1-2H3. The molecule has 0 bridgehead atoms. The Morgan fingerprint density at radius 1 is 1.43 bits per heavy atom. The summed E-state index contributed by atoms with van der Waals surface area (Å²) in [5, 5.41) is 4.25. The zero-order valence-corrected chi connectivity index (χ0v) is 13.3. The summed E-state index contributed by atoms with van der Waals surface area (Å²) in [6.07, 6.45) is 5.02. The molecule has 1 saturated carbocycles. The van der Waals surface area contributed by atoms with Gasteiger partial charge < -0.3 is 9.08 Å². The zero-order chi connectivity index (χ0) is 15.1. The third kappa shape index (κ3) is 2.61. The average Bonchev–Trinajstić information content (AvgIpc) is 3.17. The van der Waals surface area contributed by atoms with Crippen LogP contribution in [0.3, 0.4) is 0 Å². The van der Waals surface area contributed by atoms with Crippen LogP contribution in [-0.4, -0.2) is 21.7 Å². The minimum Gasteiger partial charge on any atom is -0.612 e. The molecule has 1 aromatic carbocycles. The van der Waals surface area contributed by atoms with Gasteiger partial charge in [-0.25, -0.2) is 0 Å². The number of nitrogens with zero attached hydrogens (tertiary/aromatic N) is 1. The van der Waals surface area contributed by atoms with Gasteiger partial charge in [-0.05, 0) is 43.1 Å². The maximum atomic E-state index is 12.8. The SMILES string of the molecule is Cc1c(Cl)ccc(C(=O)c2cnoc2C2CC2)c1[S+](C)[O-]. The van der Waals surface area contributed by atoms with Crippen LogP contribution < -0.4 is 0 Å². The first-order valence-corrected chi connectivity index (χ1v) is 8.56. The van der Waals surface area contributed by atoms with Crippen molar-refractivity contribution in [1.29, 1.82) is 0 Å². The highest BCUT2D eigenvalue weighted by Gasteiger charge is 2.34. The monoisotopic (exact) mass is 323 g/mol. The molecule has 6 heteroatoms. The van der Waals surface area contributed by atoms with Crippen molar-refractivity contribution < 1.29 is 13.9 Å². The summed E-state index contributed by atoms with van der Waals surface area (Å²) >= 11 is 4.77. The van der Waals surface area contributed by atoms with Crippen molar-refractivity contribution in [2.75, 3.05) is 6.26 Å². The van der Waals surface area contributed by atoms with Gasteiger partial charge in [0.15, 0.2) is 10.7 Å². The number of rotatable bonds is 4. The van der Waals surface area contributed by atoms with Crippen LogP contribution in [0, 0.1) is 6.92 Å².